The minimum atomic E-state index is -0.869. The van der Waals surface area contributed by atoms with Gasteiger partial charge in [0, 0.05) is 12.0 Å². The Morgan fingerprint density at radius 1 is 1.17 bits per heavy atom. The standard InChI is InChI=1S/C19H24O4/c1-15(17(20)21)9-12-18(16-7-3-2-4-8-16)10-5-6-11-19(18)22-13-14-23-19/h2-4,7-9H,5-6,10-14H2,1H3,(H,20,21). The van der Waals surface area contributed by atoms with Crippen LogP contribution in [-0.2, 0) is 19.7 Å². The number of hydrogen-bond acceptors (Lipinski definition) is 3. The summed E-state index contributed by atoms with van der Waals surface area (Å²) in [6, 6.07) is 10.3. The van der Waals surface area contributed by atoms with E-state index in [0.29, 0.717) is 25.2 Å². The highest BCUT2D eigenvalue weighted by Crippen LogP contribution is 2.53. The first kappa shape index (κ1) is 16.2. The van der Waals surface area contributed by atoms with Crippen molar-refractivity contribution in [3.05, 3.63) is 47.5 Å². The fourth-order valence-corrected chi connectivity index (χ4v) is 4.00. The van der Waals surface area contributed by atoms with Crippen molar-refractivity contribution >= 4 is 5.97 Å². The molecule has 4 heteroatoms. The average Bonchev–Trinajstić information content (AvgIpc) is 3.04. The fourth-order valence-electron chi connectivity index (χ4n) is 4.00. The molecule has 23 heavy (non-hydrogen) atoms. The van der Waals surface area contributed by atoms with Crippen LogP contribution in [0.3, 0.4) is 0 Å². The third-order valence-electron chi connectivity index (χ3n) is 5.26. The number of carbonyl (C=O) groups is 1. The molecule has 1 aromatic carbocycles. The van der Waals surface area contributed by atoms with E-state index in [9.17, 15) is 9.90 Å². The lowest BCUT2D eigenvalue weighted by Crippen LogP contribution is -2.54. The lowest BCUT2D eigenvalue weighted by atomic mass is 9.63. The van der Waals surface area contributed by atoms with Crippen LogP contribution in [0, 0.1) is 0 Å². The molecule has 0 bridgehead atoms. The minimum absolute atomic E-state index is 0.320. The molecular formula is C19H24O4. The monoisotopic (exact) mass is 316 g/mol. The Balaban J connectivity index is 2.05. The van der Waals surface area contributed by atoms with Crippen LogP contribution in [0.15, 0.2) is 42.0 Å². The molecule has 1 aliphatic carbocycles. The van der Waals surface area contributed by atoms with Gasteiger partial charge in [0.05, 0.1) is 18.6 Å². The largest absolute Gasteiger partial charge is 0.478 e. The fraction of sp³-hybridized carbons (Fsp3) is 0.526. The number of aliphatic carboxylic acids is 1. The molecule has 1 saturated heterocycles. The molecule has 1 heterocycles. The van der Waals surface area contributed by atoms with Crippen LogP contribution in [0.1, 0.15) is 44.6 Å². The van der Waals surface area contributed by atoms with Crippen molar-refractivity contribution < 1.29 is 19.4 Å². The zero-order valence-electron chi connectivity index (χ0n) is 13.6. The van der Waals surface area contributed by atoms with Gasteiger partial charge in [-0.05, 0) is 31.7 Å². The Bertz CT molecular complexity index is 587. The van der Waals surface area contributed by atoms with Crippen LogP contribution < -0.4 is 0 Å². The zero-order valence-corrected chi connectivity index (χ0v) is 13.6. The van der Waals surface area contributed by atoms with Gasteiger partial charge in [0.1, 0.15) is 0 Å². The van der Waals surface area contributed by atoms with Crippen LogP contribution in [0.5, 0.6) is 0 Å². The molecule has 0 amide bonds. The predicted molar refractivity (Wildman–Crippen MR) is 87.2 cm³/mol. The van der Waals surface area contributed by atoms with Gasteiger partial charge in [-0.15, -0.1) is 0 Å². The van der Waals surface area contributed by atoms with Crippen molar-refractivity contribution in [3.8, 4) is 0 Å². The lowest BCUT2D eigenvalue weighted by Gasteiger charge is -2.50. The Hall–Kier alpha value is -1.65. The average molecular weight is 316 g/mol. The maximum Gasteiger partial charge on any atom is 0.330 e. The quantitative estimate of drug-likeness (QED) is 0.861. The van der Waals surface area contributed by atoms with Gasteiger partial charge in [0.25, 0.3) is 0 Å². The number of carboxylic acid groups (broad SMARTS) is 1. The second-order valence-electron chi connectivity index (χ2n) is 6.50. The van der Waals surface area contributed by atoms with Gasteiger partial charge >= 0.3 is 5.97 Å². The summed E-state index contributed by atoms with van der Waals surface area (Å²) in [6.45, 7) is 2.86. The Morgan fingerprint density at radius 2 is 1.83 bits per heavy atom. The molecule has 0 radical (unpaired) electrons. The van der Waals surface area contributed by atoms with Gasteiger partial charge in [0.15, 0.2) is 5.79 Å². The molecule has 1 saturated carbocycles. The van der Waals surface area contributed by atoms with Crippen LogP contribution in [0.2, 0.25) is 0 Å². The van der Waals surface area contributed by atoms with Crippen molar-refractivity contribution in [2.75, 3.05) is 13.2 Å². The third-order valence-corrected chi connectivity index (χ3v) is 5.26. The first-order chi connectivity index (χ1) is 11.1. The number of hydrogen-bond donors (Lipinski definition) is 1. The smallest absolute Gasteiger partial charge is 0.330 e. The number of allylic oxidation sites excluding steroid dienone is 1. The predicted octanol–water partition coefficient (Wildman–Crippen LogP) is 3.66. The molecule has 2 aliphatic rings. The van der Waals surface area contributed by atoms with E-state index in [1.54, 1.807) is 6.92 Å². The van der Waals surface area contributed by atoms with Crippen molar-refractivity contribution in [1.82, 2.24) is 0 Å². The van der Waals surface area contributed by atoms with E-state index in [1.807, 2.05) is 24.3 Å². The molecule has 1 aromatic rings. The first-order valence-electron chi connectivity index (χ1n) is 8.33. The van der Waals surface area contributed by atoms with Crippen molar-refractivity contribution in [2.45, 2.75) is 50.2 Å². The molecule has 1 unspecified atom stereocenters. The van der Waals surface area contributed by atoms with E-state index in [1.165, 1.54) is 5.56 Å². The lowest BCUT2D eigenvalue weighted by molar-refractivity contribution is -0.226. The molecule has 0 aromatic heterocycles. The maximum atomic E-state index is 11.2. The molecule has 3 rings (SSSR count). The van der Waals surface area contributed by atoms with Crippen molar-refractivity contribution in [1.29, 1.82) is 0 Å². The van der Waals surface area contributed by atoms with E-state index in [-0.39, 0.29) is 5.41 Å². The second-order valence-corrected chi connectivity index (χ2v) is 6.50. The molecule has 1 aliphatic heterocycles. The number of ether oxygens (including phenoxy) is 2. The van der Waals surface area contributed by atoms with E-state index in [4.69, 9.17) is 9.47 Å². The number of carboxylic acids is 1. The van der Waals surface area contributed by atoms with Crippen molar-refractivity contribution in [2.24, 2.45) is 0 Å². The van der Waals surface area contributed by atoms with Gasteiger partial charge in [0.2, 0.25) is 0 Å². The third kappa shape index (κ3) is 2.81. The van der Waals surface area contributed by atoms with Crippen LogP contribution in [0.4, 0.5) is 0 Å². The molecule has 4 nitrogen and oxygen atoms in total. The van der Waals surface area contributed by atoms with Gasteiger partial charge in [-0.1, -0.05) is 42.8 Å². The van der Waals surface area contributed by atoms with Crippen LogP contribution in [-0.4, -0.2) is 30.1 Å². The van der Waals surface area contributed by atoms with E-state index >= 15 is 0 Å². The first-order valence-corrected chi connectivity index (χ1v) is 8.33. The minimum Gasteiger partial charge on any atom is -0.478 e. The molecular weight excluding hydrogens is 292 g/mol. The Labute approximate surface area is 137 Å². The van der Waals surface area contributed by atoms with Gasteiger partial charge in [-0.3, -0.25) is 0 Å². The molecule has 1 atom stereocenters. The molecule has 1 N–H and O–H groups in total. The highest BCUT2D eigenvalue weighted by molar-refractivity contribution is 5.85. The maximum absolute atomic E-state index is 11.2. The number of rotatable bonds is 4. The van der Waals surface area contributed by atoms with Gasteiger partial charge < -0.3 is 14.6 Å². The summed E-state index contributed by atoms with van der Waals surface area (Å²) in [5.74, 6) is -1.49. The summed E-state index contributed by atoms with van der Waals surface area (Å²) in [4.78, 5) is 11.2. The summed E-state index contributed by atoms with van der Waals surface area (Å²) in [6.07, 6.45) is 6.43. The van der Waals surface area contributed by atoms with Crippen LogP contribution >= 0.6 is 0 Å². The number of benzene rings is 1. The highest BCUT2D eigenvalue weighted by atomic mass is 16.7. The Morgan fingerprint density at radius 3 is 2.48 bits per heavy atom. The zero-order chi connectivity index (χ0) is 16.3. The topological polar surface area (TPSA) is 55.8 Å². The van der Waals surface area contributed by atoms with Crippen molar-refractivity contribution in [3.63, 3.8) is 0 Å². The molecule has 2 fully saturated rings. The summed E-state index contributed by atoms with van der Waals surface area (Å²) >= 11 is 0. The van der Waals surface area contributed by atoms with Gasteiger partial charge in [-0.2, -0.15) is 0 Å². The van der Waals surface area contributed by atoms with E-state index < -0.39 is 11.8 Å². The summed E-state index contributed by atoms with van der Waals surface area (Å²) < 4.78 is 12.3. The Kier molecular flexibility index (Phi) is 4.55. The molecule has 124 valence electrons. The molecule has 1 spiro atoms. The normalized spacial score (nSPS) is 27.3. The summed E-state index contributed by atoms with van der Waals surface area (Å²) in [5, 5.41) is 9.19. The highest BCUT2D eigenvalue weighted by Gasteiger charge is 2.57. The summed E-state index contributed by atoms with van der Waals surface area (Å²) in [7, 11) is 0. The van der Waals surface area contributed by atoms with Gasteiger partial charge in [-0.25, -0.2) is 4.79 Å². The van der Waals surface area contributed by atoms with E-state index in [2.05, 4.69) is 12.1 Å². The summed E-state index contributed by atoms with van der Waals surface area (Å²) in [5.41, 5.74) is 1.23. The SMILES string of the molecule is CC(=CCC1(c2ccccc2)CCCCC12OCCO2)C(=O)O. The van der Waals surface area contributed by atoms with E-state index in [0.717, 1.165) is 25.7 Å². The van der Waals surface area contributed by atoms with Crippen LogP contribution in [0.25, 0.3) is 0 Å². The second kappa shape index (κ2) is 6.46.